The molecule has 0 aromatic heterocycles. The van der Waals surface area contributed by atoms with E-state index in [2.05, 4.69) is 5.32 Å². The number of rotatable bonds is 4. The number of hydrogen-bond acceptors (Lipinski definition) is 4. The summed E-state index contributed by atoms with van der Waals surface area (Å²) < 4.78 is 29.7. The van der Waals surface area contributed by atoms with Crippen LogP contribution in [-0.4, -0.2) is 55.2 Å². The van der Waals surface area contributed by atoms with Crippen molar-refractivity contribution in [1.29, 1.82) is 0 Å². The molecule has 0 amide bonds. The molecule has 1 aromatic rings. The highest BCUT2D eigenvalue weighted by Crippen LogP contribution is 2.24. The topological polar surface area (TPSA) is 58.6 Å². The Kier molecular flexibility index (Phi) is 5.65. The quantitative estimate of drug-likeness (QED) is 0.808. The molecule has 0 aliphatic carbocycles. The molecule has 0 radical (unpaired) electrons. The van der Waals surface area contributed by atoms with E-state index in [0.717, 1.165) is 36.3 Å². The maximum absolute atomic E-state index is 12.0. The average Bonchev–Trinajstić information content (AvgIpc) is 3.17. The molecular formula is C18H26N2O3S2. The molecule has 2 fully saturated rings. The van der Waals surface area contributed by atoms with E-state index in [1.54, 1.807) is 0 Å². The minimum atomic E-state index is -2.97. The number of sulfone groups is 1. The zero-order valence-electron chi connectivity index (χ0n) is 14.8. The molecule has 25 heavy (non-hydrogen) atoms. The van der Waals surface area contributed by atoms with Gasteiger partial charge < -0.3 is 15.0 Å². The van der Waals surface area contributed by atoms with Crippen molar-refractivity contribution in [3.8, 4) is 0 Å². The maximum atomic E-state index is 12.0. The second-order valence-electron chi connectivity index (χ2n) is 7.04. The Labute approximate surface area is 155 Å². The molecule has 3 rings (SSSR count). The van der Waals surface area contributed by atoms with Gasteiger partial charge in [0.2, 0.25) is 0 Å². The molecule has 0 saturated carbocycles. The molecule has 1 N–H and O–H groups in total. The lowest BCUT2D eigenvalue weighted by atomic mass is 10.1. The molecule has 2 saturated heterocycles. The largest absolute Gasteiger partial charge is 0.376 e. The molecule has 7 heteroatoms. The Bertz CT molecular complexity index is 722. The summed E-state index contributed by atoms with van der Waals surface area (Å²) in [7, 11) is -2.97. The van der Waals surface area contributed by atoms with E-state index in [4.69, 9.17) is 17.0 Å². The van der Waals surface area contributed by atoms with E-state index in [9.17, 15) is 8.42 Å². The predicted molar refractivity (Wildman–Crippen MR) is 105 cm³/mol. The number of ether oxygens (including phenoxy) is 1. The van der Waals surface area contributed by atoms with Crippen molar-refractivity contribution in [3.63, 3.8) is 0 Å². The van der Waals surface area contributed by atoms with Crippen LogP contribution in [0.3, 0.4) is 0 Å². The third-order valence-corrected chi connectivity index (χ3v) is 7.13. The minimum Gasteiger partial charge on any atom is -0.376 e. The predicted octanol–water partition coefficient (Wildman–Crippen LogP) is 2.67. The van der Waals surface area contributed by atoms with E-state index in [1.165, 1.54) is 0 Å². The van der Waals surface area contributed by atoms with Gasteiger partial charge in [-0.15, -0.1) is 0 Å². The van der Waals surface area contributed by atoms with Crippen LogP contribution in [0.15, 0.2) is 18.2 Å². The van der Waals surface area contributed by atoms with Crippen LogP contribution in [0.2, 0.25) is 0 Å². The van der Waals surface area contributed by atoms with Gasteiger partial charge in [-0.25, -0.2) is 8.42 Å². The van der Waals surface area contributed by atoms with Crippen LogP contribution < -0.4 is 5.32 Å². The molecule has 0 spiro atoms. The first-order valence-corrected chi connectivity index (χ1v) is 11.0. The van der Waals surface area contributed by atoms with Gasteiger partial charge >= 0.3 is 0 Å². The number of benzene rings is 1. The van der Waals surface area contributed by atoms with Crippen LogP contribution in [0.4, 0.5) is 5.69 Å². The molecule has 0 unspecified atom stereocenters. The van der Waals surface area contributed by atoms with E-state index in [0.29, 0.717) is 18.1 Å². The Morgan fingerprint density at radius 2 is 2.04 bits per heavy atom. The number of nitrogens with one attached hydrogen (secondary N) is 1. The van der Waals surface area contributed by atoms with Gasteiger partial charge in [-0.05, 0) is 56.5 Å². The Balaban J connectivity index is 1.79. The van der Waals surface area contributed by atoms with Crippen LogP contribution in [-0.2, 0) is 14.6 Å². The fourth-order valence-electron chi connectivity index (χ4n) is 3.62. The van der Waals surface area contributed by atoms with Gasteiger partial charge in [0.25, 0.3) is 0 Å². The monoisotopic (exact) mass is 382 g/mol. The highest BCUT2D eigenvalue weighted by Gasteiger charge is 2.35. The Hall–Kier alpha value is -1.18. The lowest BCUT2D eigenvalue weighted by molar-refractivity contribution is 0.0851. The second-order valence-corrected chi connectivity index (χ2v) is 9.66. The lowest BCUT2D eigenvalue weighted by Crippen LogP contribution is -2.47. The number of nitrogens with zero attached hydrogens (tertiary/aromatic N) is 1. The minimum absolute atomic E-state index is 0.0708. The fraction of sp³-hybridized carbons (Fsp3) is 0.611. The zero-order valence-corrected chi connectivity index (χ0v) is 16.5. The molecule has 138 valence electrons. The SMILES string of the molecule is Cc1cccc(C)c1NC(=S)N(C[C@@H]1CCCO1)[C@@H]1CCS(=O)(=O)C1. The first-order chi connectivity index (χ1) is 11.9. The highest BCUT2D eigenvalue weighted by atomic mass is 32.2. The average molecular weight is 383 g/mol. The van der Waals surface area contributed by atoms with Crippen LogP contribution in [0.25, 0.3) is 0 Å². The first kappa shape index (κ1) is 18.6. The third kappa shape index (κ3) is 4.51. The van der Waals surface area contributed by atoms with Crippen molar-refractivity contribution in [2.45, 2.75) is 45.3 Å². The Morgan fingerprint density at radius 1 is 1.32 bits per heavy atom. The summed E-state index contributed by atoms with van der Waals surface area (Å²) in [4.78, 5) is 2.04. The number of anilines is 1. The van der Waals surface area contributed by atoms with Crippen LogP contribution >= 0.6 is 12.2 Å². The first-order valence-electron chi connectivity index (χ1n) is 8.81. The van der Waals surface area contributed by atoms with E-state index >= 15 is 0 Å². The Morgan fingerprint density at radius 3 is 2.60 bits per heavy atom. The number of hydrogen-bond donors (Lipinski definition) is 1. The van der Waals surface area contributed by atoms with Gasteiger partial charge in [0.05, 0.1) is 17.6 Å². The van der Waals surface area contributed by atoms with Crippen molar-refractivity contribution in [2.24, 2.45) is 0 Å². The van der Waals surface area contributed by atoms with Gasteiger partial charge in [-0.2, -0.15) is 0 Å². The highest BCUT2D eigenvalue weighted by molar-refractivity contribution is 7.91. The van der Waals surface area contributed by atoms with Crippen LogP contribution in [0.1, 0.15) is 30.4 Å². The summed E-state index contributed by atoms with van der Waals surface area (Å²) in [5.74, 6) is 0.417. The summed E-state index contributed by atoms with van der Waals surface area (Å²) in [5, 5.41) is 3.96. The summed E-state index contributed by atoms with van der Waals surface area (Å²) in [6, 6.07) is 6.04. The van der Waals surface area contributed by atoms with E-state index < -0.39 is 9.84 Å². The summed E-state index contributed by atoms with van der Waals surface area (Å²) in [6.07, 6.45) is 2.81. The summed E-state index contributed by atoms with van der Waals surface area (Å²) in [5.41, 5.74) is 3.25. The normalized spacial score (nSPS) is 25.0. The molecule has 2 heterocycles. The van der Waals surface area contributed by atoms with Crippen molar-refractivity contribution >= 4 is 32.9 Å². The van der Waals surface area contributed by atoms with E-state index in [-0.39, 0.29) is 23.7 Å². The van der Waals surface area contributed by atoms with E-state index in [1.807, 2.05) is 36.9 Å². The smallest absolute Gasteiger partial charge is 0.173 e. The van der Waals surface area contributed by atoms with Crippen molar-refractivity contribution in [2.75, 3.05) is 30.0 Å². The third-order valence-electron chi connectivity index (χ3n) is 5.05. The molecule has 2 aliphatic rings. The summed E-state index contributed by atoms with van der Waals surface area (Å²) >= 11 is 5.69. The fourth-order valence-corrected chi connectivity index (χ4v) is 5.67. The van der Waals surface area contributed by atoms with Gasteiger partial charge in [0.1, 0.15) is 0 Å². The van der Waals surface area contributed by atoms with Crippen molar-refractivity contribution in [1.82, 2.24) is 4.90 Å². The van der Waals surface area contributed by atoms with Crippen molar-refractivity contribution < 1.29 is 13.2 Å². The standard InChI is InChI=1S/C18H26N2O3S2/c1-13-5-3-6-14(2)17(13)19-18(24)20(11-16-7-4-9-23-16)15-8-10-25(21,22)12-15/h3,5-6,15-16H,4,7-12H2,1-2H3,(H,19,24)/t15-,16+/m1/s1. The van der Waals surface area contributed by atoms with Gasteiger partial charge in [0.15, 0.2) is 14.9 Å². The maximum Gasteiger partial charge on any atom is 0.173 e. The molecular weight excluding hydrogens is 356 g/mol. The number of aryl methyl sites for hydroxylation is 2. The number of thiocarbonyl (C=S) groups is 1. The molecule has 1 aromatic carbocycles. The second kappa shape index (κ2) is 7.60. The lowest BCUT2D eigenvalue weighted by Gasteiger charge is -2.33. The zero-order chi connectivity index (χ0) is 18.0. The van der Waals surface area contributed by atoms with Crippen LogP contribution in [0.5, 0.6) is 0 Å². The molecule has 2 atom stereocenters. The molecule has 2 aliphatic heterocycles. The molecule has 0 bridgehead atoms. The van der Waals surface area contributed by atoms with Crippen LogP contribution in [0, 0.1) is 13.8 Å². The van der Waals surface area contributed by atoms with Gasteiger partial charge in [0, 0.05) is 24.9 Å². The van der Waals surface area contributed by atoms with Gasteiger partial charge in [-0.1, -0.05) is 18.2 Å². The summed E-state index contributed by atoms with van der Waals surface area (Å²) in [6.45, 7) is 5.51. The molecule has 5 nitrogen and oxygen atoms in total. The number of para-hydroxylation sites is 1. The van der Waals surface area contributed by atoms with Gasteiger partial charge in [-0.3, -0.25) is 0 Å². The van der Waals surface area contributed by atoms with Crippen molar-refractivity contribution in [3.05, 3.63) is 29.3 Å².